The summed E-state index contributed by atoms with van der Waals surface area (Å²) in [6.07, 6.45) is 1.98. The average molecular weight is 478 g/mol. The first-order valence-corrected chi connectivity index (χ1v) is 13.2. The summed E-state index contributed by atoms with van der Waals surface area (Å²) in [5.41, 5.74) is 3.68. The van der Waals surface area contributed by atoms with Crippen molar-refractivity contribution in [1.82, 2.24) is 14.6 Å². The lowest BCUT2D eigenvalue weighted by molar-refractivity contribution is 0.246. The van der Waals surface area contributed by atoms with Crippen LogP contribution < -0.4 is 15.1 Å². The molecule has 7 heteroatoms. The highest BCUT2D eigenvalue weighted by molar-refractivity contribution is 7.13. The summed E-state index contributed by atoms with van der Waals surface area (Å²) in [5, 5.41) is 4.31. The van der Waals surface area contributed by atoms with E-state index in [2.05, 4.69) is 78.4 Å². The summed E-state index contributed by atoms with van der Waals surface area (Å²) in [5.74, 6) is 1.15. The fourth-order valence-corrected chi connectivity index (χ4v) is 5.96. The molecule has 0 saturated carbocycles. The third-order valence-corrected chi connectivity index (χ3v) is 7.97. The number of nitrogens with zero attached hydrogens (tertiary/aromatic N) is 4. The van der Waals surface area contributed by atoms with E-state index in [1.165, 1.54) is 21.2 Å². The van der Waals surface area contributed by atoms with Crippen LogP contribution >= 0.6 is 11.5 Å². The molecule has 2 aliphatic heterocycles. The van der Waals surface area contributed by atoms with Crippen LogP contribution in [0.25, 0.3) is 10.1 Å². The van der Waals surface area contributed by atoms with Crippen LogP contribution in [0.4, 0.5) is 16.3 Å². The Morgan fingerprint density at radius 2 is 1.91 bits per heavy atom. The number of hydrogen-bond donors (Lipinski definition) is 1. The molecule has 0 bridgehead atoms. The molecule has 1 fully saturated rings. The molecule has 0 atom stereocenters. The summed E-state index contributed by atoms with van der Waals surface area (Å²) in [6.45, 7) is 13.2. The van der Waals surface area contributed by atoms with Crippen molar-refractivity contribution in [2.45, 2.75) is 39.0 Å². The highest BCUT2D eigenvalue weighted by atomic mass is 32.1. The monoisotopic (exact) mass is 477 g/mol. The quantitative estimate of drug-likeness (QED) is 0.550. The second kappa shape index (κ2) is 9.55. The van der Waals surface area contributed by atoms with Crippen LogP contribution in [0.15, 0.2) is 42.5 Å². The second-order valence-electron chi connectivity index (χ2n) is 10.1. The second-order valence-corrected chi connectivity index (χ2v) is 10.9. The van der Waals surface area contributed by atoms with Crippen LogP contribution in [0.1, 0.15) is 38.3 Å². The van der Waals surface area contributed by atoms with Gasteiger partial charge in [0.2, 0.25) is 0 Å². The zero-order chi connectivity index (χ0) is 23.7. The number of anilines is 2. The number of carbonyl (C=O) groups is 1. The lowest BCUT2D eigenvalue weighted by atomic mass is 9.86. The van der Waals surface area contributed by atoms with Crippen molar-refractivity contribution in [3.05, 3.63) is 53.6 Å². The lowest BCUT2D eigenvalue weighted by Gasteiger charge is -2.35. The van der Waals surface area contributed by atoms with E-state index < -0.39 is 0 Å². The van der Waals surface area contributed by atoms with E-state index in [9.17, 15) is 4.79 Å². The van der Waals surface area contributed by atoms with Gasteiger partial charge in [-0.3, -0.25) is 9.80 Å². The summed E-state index contributed by atoms with van der Waals surface area (Å²) >= 11 is 1.60. The Kier molecular flexibility index (Phi) is 6.49. The molecule has 2 aliphatic rings. The van der Waals surface area contributed by atoms with Gasteiger partial charge in [0.25, 0.3) is 0 Å². The number of rotatable bonds is 6. The number of aromatic nitrogens is 1. The fraction of sp³-hybridized carbons (Fsp3) is 0.481. The molecule has 2 amide bonds. The molecule has 3 aromatic rings. The number of benzene rings is 2. The van der Waals surface area contributed by atoms with Crippen LogP contribution in [0.5, 0.6) is 0 Å². The van der Waals surface area contributed by atoms with Crippen molar-refractivity contribution in [1.29, 1.82) is 0 Å². The molecular weight excluding hydrogens is 442 g/mol. The SMILES string of the molecule is CCCNC(=O)N1CC(C)(C)c2cc(CCN3CCN(c4nsc5ccccc45)CC3)ccc21. The molecule has 1 N–H and O–H groups in total. The van der Waals surface area contributed by atoms with Gasteiger partial charge in [-0.2, -0.15) is 4.37 Å². The molecule has 3 heterocycles. The van der Waals surface area contributed by atoms with Gasteiger partial charge in [0.1, 0.15) is 5.82 Å². The van der Waals surface area contributed by atoms with E-state index in [4.69, 9.17) is 4.37 Å². The molecule has 34 heavy (non-hydrogen) atoms. The number of fused-ring (bicyclic) bond motifs is 2. The van der Waals surface area contributed by atoms with Crippen LogP contribution in [0, 0.1) is 0 Å². The maximum Gasteiger partial charge on any atom is 0.321 e. The van der Waals surface area contributed by atoms with Gasteiger partial charge in [0.05, 0.1) is 4.70 Å². The van der Waals surface area contributed by atoms with Crippen molar-refractivity contribution in [3.8, 4) is 0 Å². The highest BCUT2D eigenvalue weighted by Crippen LogP contribution is 2.41. The van der Waals surface area contributed by atoms with Gasteiger partial charge in [-0.1, -0.05) is 45.0 Å². The van der Waals surface area contributed by atoms with E-state index in [1.807, 2.05) is 4.90 Å². The van der Waals surface area contributed by atoms with E-state index in [0.29, 0.717) is 0 Å². The number of urea groups is 1. The first kappa shape index (κ1) is 23.1. The summed E-state index contributed by atoms with van der Waals surface area (Å²) in [7, 11) is 0. The third kappa shape index (κ3) is 4.51. The van der Waals surface area contributed by atoms with Crippen molar-refractivity contribution >= 4 is 39.2 Å². The normalized spacial score (nSPS) is 17.9. The zero-order valence-corrected chi connectivity index (χ0v) is 21.3. The topological polar surface area (TPSA) is 51.7 Å². The molecule has 0 aliphatic carbocycles. The number of hydrogen-bond acceptors (Lipinski definition) is 5. The van der Waals surface area contributed by atoms with Gasteiger partial charge < -0.3 is 10.2 Å². The summed E-state index contributed by atoms with van der Waals surface area (Å²) in [6, 6.07) is 15.2. The van der Waals surface area contributed by atoms with Crippen molar-refractivity contribution < 1.29 is 4.79 Å². The van der Waals surface area contributed by atoms with Crippen LogP contribution in [-0.4, -0.2) is 61.1 Å². The van der Waals surface area contributed by atoms with Crippen molar-refractivity contribution in [2.24, 2.45) is 0 Å². The zero-order valence-electron chi connectivity index (χ0n) is 20.5. The Morgan fingerprint density at radius 3 is 2.71 bits per heavy atom. The largest absolute Gasteiger partial charge is 0.353 e. The Morgan fingerprint density at radius 1 is 1.12 bits per heavy atom. The number of amides is 2. The molecule has 2 aromatic carbocycles. The molecule has 6 nitrogen and oxygen atoms in total. The minimum absolute atomic E-state index is 0.0205. The van der Waals surface area contributed by atoms with Crippen LogP contribution in [-0.2, 0) is 11.8 Å². The van der Waals surface area contributed by atoms with E-state index >= 15 is 0 Å². The average Bonchev–Trinajstić information content (AvgIpc) is 3.40. The Hall–Kier alpha value is -2.64. The molecule has 1 aromatic heterocycles. The van der Waals surface area contributed by atoms with Gasteiger partial charge in [0.15, 0.2) is 0 Å². The number of nitrogens with one attached hydrogen (secondary N) is 1. The molecule has 0 radical (unpaired) electrons. The lowest BCUT2D eigenvalue weighted by Crippen LogP contribution is -2.47. The summed E-state index contributed by atoms with van der Waals surface area (Å²) in [4.78, 5) is 19.6. The third-order valence-electron chi connectivity index (χ3n) is 7.15. The van der Waals surface area contributed by atoms with Gasteiger partial charge in [-0.05, 0) is 53.7 Å². The van der Waals surface area contributed by atoms with E-state index in [1.54, 1.807) is 11.5 Å². The predicted octanol–water partition coefficient (Wildman–Crippen LogP) is 4.88. The van der Waals surface area contributed by atoms with Gasteiger partial charge in [-0.15, -0.1) is 0 Å². The standard InChI is InChI=1S/C27H35N5OS/c1-4-12-28-26(33)32-19-27(2,3)22-18-20(9-10-23(22)32)11-13-30-14-16-31(17-15-30)25-21-7-5-6-8-24(21)34-29-25/h5-10,18H,4,11-17,19H2,1-3H3,(H,28,33). The molecule has 180 valence electrons. The first-order chi connectivity index (χ1) is 16.5. The van der Waals surface area contributed by atoms with Crippen LogP contribution in [0.3, 0.4) is 0 Å². The Balaban J connectivity index is 1.19. The highest BCUT2D eigenvalue weighted by Gasteiger charge is 2.38. The fourth-order valence-electron chi connectivity index (χ4n) is 5.16. The molecule has 5 rings (SSSR count). The Bertz CT molecular complexity index is 1160. The summed E-state index contributed by atoms with van der Waals surface area (Å²) < 4.78 is 6.00. The van der Waals surface area contributed by atoms with E-state index in [-0.39, 0.29) is 11.4 Å². The van der Waals surface area contributed by atoms with Crippen LogP contribution in [0.2, 0.25) is 0 Å². The van der Waals surface area contributed by atoms with Crippen molar-refractivity contribution in [2.75, 3.05) is 55.6 Å². The van der Waals surface area contributed by atoms with Gasteiger partial charge in [-0.25, -0.2) is 4.79 Å². The maximum absolute atomic E-state index is 12.7. The maximum atomic E-state index is 12.7. The predicted molar refractivity (Wildman–Crippen MR) is 142 cm³/mol. The Labute approximate surface area is 206 Å². The molecular formula is C27H35N5OS. The number of carbonyl (C=O) groups excluding carboxylic acids is 1. The molecule has 1 saturated heterocycles. The smallest absolute Gasteiger partial charge is 0.321 e. The minimum Gasteiger partial charge on any atom is -0.353 e. The van der Waals surface area contributed by atoms with Crippen molar-refractivity contribution in [3.63, 3.8) is 0 Å². The first-order valence-electron chi connectivity index (χ1n) is 12.5. The van der Waals surface area contributed by atoms with E-state index in [0.717, 1.165) is 70.2 Å². The molecule has 0 unspecified atom stereocenters. The minimum atomic E-state index is -0.0309. The van der Waals surface area contributed by atoms with Gasteiger partial charge in [0, 0.05) is 62.3 Å². The molecule has 0 spiro atoms. The number of piperazine rings is 1. The van der Waals surface area contributed by atoms with Gasteiger partial charge >= 0.3 is 6.03 Å².